The summed E-state index contributed by atoms with van der Waals surface area (Å²) in [5.74, 6) is -5.12. The zero-order valence-corrected chi connectivity index (χ0v) is 45.7. The van der Waals surface area contributed by atoms with Crippen LogP contribution in [0.4, 0.5) is 23.3 Å². The van der Waals surface area contributed by atoms with Gasteiger partial charge in [0.1, 0.15) is 33.8 Å². The van der Waals surface area contributed by atoms with Crippen molar-refractivity contribution in [1.29, 1.82) is 10.5 Å². The van der Waals surface area contributed by atoms with Gasteiger partial charge in [0.15, 0.2) is 22.9 Å². The molecular formula is C45H27N17NiO17S4. The van der Waals surface area contributed by atoms with E-state index < -0.39 is 109 Å². The second-order valence-corrected chi connectivity index (χ2v) is 19.9. The Morgan fingerprint density at radius 1 is 0.702 bits per heavy atom. The van der Waals surface area contributed by atoms with E-state index in [1.54, 1.807) is 24.3 Å². The number of rotatable bonds is 9. The van der Waals surface area contributed by atoms with Gasteiger partial charge in [0.05, 0.1) is 9.79 Å². The van der Waals surface area contributed by atoms with Gasteiger partial charge in [-0.3, -0.25) is 27.9 Å². The number of hydrogen-bond donors (Lipinski definition) is 7. The van der Waals surface area contributed by atoms with Crippen molar-refractivity contribution in [3.63, 3.8) is 0 Å². The predicted octanol–water partition coefficient (Wildman–Crippen LogP) is 7.52. The molecule has 10 rings (SSSR count). The number of aromatic hydroxyl groups is 1. The Balaban J connectivity index is 0.000000302. The van der Waals surface area contributed by atoms with Gasteiger partial charge < -0.3 is 39.6 Å². The van der Waals surface area contributed by atoms with Crippen molar-refractivity contribution < 1.29 is 93.8 Å². The van der Waals surface area contributed by atoms with E-state index in [-0.39, 0.29) is 80.8 Å². The van der Waals surface area contributed by atoms with E-state index >= 15 is 0 Å². The molecule has 4 heterocycles. The maximum atomic E-state index is 11.9. The Kier molecular flexibility index (Phi) is 18.5. The van der Waals surface area contributed by atoms with Crippen molar-refractivity contribution in [3.05, 3.63) is 140 Å². The number of fused-ring (bicyclic) bond motifs is 10. The van der Waals surface area contributed by atoms with Crippen LogP contribution in [0.3, 0.4) is 0 Å². The van der Waals surface area contributed by atoms with Gasteiger partial charge in [-0.05, 0) is 81.9 Å². The van der Waals surface area contributed by atoms with Crippen LogP contribution in [0, 0.1) is 50.7 Å². The number of aromatic nitrogens is 11. The molecule has 0 spiro atoms. The summed E-state index contributed by atoms with van der Waals surface area (Å²) in [5.41, 5.74) is -1.52. The van der Waals surface area contributed by atoms with Gasteiger partial charge in [-0.15, -0.1) is 44.0 Å². The fraction of sp³-hybridized carbons (Fsp3) is 0. The molecule has 0 aliphatic heterocycles. The summed E-state index contributed by atoms with van der Waals surface area (Å²) in [6.07, 6.45) is 0. The van der Waals surface area contributed by atoms with Crippen LogP contribution < -0.4 is 4.89 Å². The van der Waals surface area contributed by atoms with Crippen molar-refractivity contribution in [3.8, 4) is 23.6 Å². The summed E-state index contributed by atoms with van der Waals surface area (Å²) >= 11 is 3.46. The third kappa shape index (κ3) is 12.4. The minimum atomic E-state index is -4.91. The van der Waals surface area contributed by atoms with Gasteiger partial charge in [-0.1, -0.05) is 47.5 Å². The molecule has 0 unspecified atom stereocenters. The number of nitriles is 2. The standard InChI is InChI=1S/C30H12N12O8S2.C13H9N5O9S2.2CH3.Ni/c1-33-27-28(34-2)42-30(36-27)40-38-26-20-8-6-18(52(43,44)45)12-16(20)4-10-24(26)48-47-23-9-3-15-11-17(46-49-50-51)5-7-19(15)25(23)37-39-29-35-21(13-31)22(14-32)41(29)42;19-10-8(29(25,26)27)3-5-1-2-6(28(22,23)24)4-7(5)9(10)15-17-13-14-11(12(20)21)16-18-13;;;/h3-12,51H,(H,43,44,45);1-4,19H,(H,20,21)(H,14,16,18)(H,22,23,24)(H,25,26,27);2*1H3;/q;;2*-1;+2. The smallest absolute Gasteiger partial charge is 0.504 e. The molecule has 0 saturated carbocycles. The number of aromatic amines is 1. The minimum Gasteiger partial charge on any atom is -0.504 e. The van der Waals surface area contributed by atoms with E-state index in [9.17, 15) is 59.3 Å². The molecule has 0 atom stereocenters. The Bertz CT molecular complexity index is 5120. The quantitative estimate of drug-likeness (QED) is 0.0107. The van der Waals surface area contributed by atoms with Crippen LogP contribution >= 0.6 is 12.9 Å². The average Bonchev–Trinajstić information content (AvgIpc) is 2.27. The van der Waals surface area contributed by atoms with E-state index in [0.29, 0.717) is 10.8 Å². The SMILES string of the molecule is O=C(O)c1nc(N=Nc2c(O)c(S(=O)(=O)O)cc3ccc(S(=O)(=O)O)cc23)n[nH]1.[C-]#[N+]c1nc2nnc3c(ccc4cc(S(=O)(=O)O)ccc43)ooc3ccc4cc(OOOS)ccc4c3nnc3nc(C#N)c(C#N)n3n2c1[N+]#[C-].[CH3-].[CH3-].[Ni+2]. The molecule has 6 N–H and O–H groups in total. The molecule has 84 heavy (non-hydrogen) atoms. The number of imidazole rings is 2. The fourth-order valence-electron chi connectivity index (χ4n) is 7.33. The molecule has 4 aromatic heterocycles. The number of benzene rings is 6. The molecule has 0 amide bonds. The largest absolute Gasteiger partial charge is 2.00 e. The topological polar surface area (TPSA) is 483 Å². The number of carboxylic acids is 1. The number of phenolic OH excluding ortho intramolecular Hbond substituents is 1. The normalized spacial score (nSPS) is 11.2. The van der Waals surface area contributed by atoms with Crippen LogP contribution in [0.15, 0.2) is 119 Å². The van der Waals surface area contributed by atoms with E-state index in [4.69, 9.17) is 32.3 Å². The first kappa shape index (κ1) is 62.8. The summed E-state index contributed by atoms with van der Waals surface area (Å²) < 4.78 is 115. The third-order valence-corrected chi connectivity index (χ3v) is 13.4. The van der Waals surface area contributed by atoms with Crippen molar-refractivity contribution in [2.45, 2.75) is 14.7 Å². The van der Waals surface area contributed by atoms with E-state index in [1.807, 2.05) is 11.2 Å². The van der Waals surface area contributed by atoms with E-state index in [2.05, 4.69) is 82.6 Å². The van der Waals surface area contributed by atoms with Crippen molar-refractivity contribution in [2.24, 2.45) is 10.2 Å². The number of nitrogens with zero attached hydrogens (tertiary/aromatic N) is 16. The van der Waals surface area contributed by atoms with Crippen LogP contribution in [0.5, 0.6) is 11.5 Å². The van der Waals surface area contributed by atoms with Gasteiger partial charge in [-0.25, -0.2) is 4.79 Å². The molecule has 0 saturated heterocycles. The van der Waals surface area contributed by atoms with E-state index in [0.717, 1.165) is 39.4 Å². The Morgan fingerprint density at radius 3 is 1.82 bits per heavy atom. The second-order valence-electron chi connectivity index (χ2n) is 15.5. The zero-order valence-electron chi connectivity index (χ0n) is 41.4. The molecule has 0 radical (unpaired) electrons. The monoisotopic (exact) mass is 1260 g/mol. The van der Waals surface area contributed by atoms with Crippen LogP contribution in [-0.2, 0) is 56.2 Å². The number of H-pyrrole nitrogens is 1. The van der Waals surface area contributed by atoms with Crippen molar-refractivity contribution in [1.82, 2.24) is 54.6 Å². The molecule has 10 aromatic rings. The molecule has 0 aliphatic rings. The summed E-state index contributed by atoms with van der Waals surface area (Å²) in [6, 6.07) is 21.7. The summed E-state index contributed by atoms with van der Waals surface area (Å²) in [4.78, 5) is 32.3. The first-order chi connectivity index (χ1) is 38.6. The molecule has 0 fully saturated rings. The van der Waals surface area contributed by atoms with Crippen LogP contribution in [0.2, 0.25) is 0 Å². The molecular weight excluding hydrogens is 1240 g/mol. The molecule has 39 heteroatoms. The molecule has 0 aliphatic carbocycles. The van der Waals surface area contributed by atoms with Gasteiger partial charge in [0.2, 0.25) is 17.0 Å². The molecule has 428 valence electrons. The number of aromatic carboxylic acids is 1. The molecule has 6 aromatic carbocycles. The number of phenols is 1. The first-order valence-corrected chi connectivity index (χ1v) is 25.8. The summed E-state index contributed by atoms with van der Waals surface area (Å²) in [6.45, 7) is 15.5. The minimum absolute atomic E-state index is 0. The summed E-state index contributed by atoms with van der Waals surface area (Å²) in [7, 11) is -14.1. The van der Waals surface area contributed by atoms with Crippen LogP contribution in [-0.4, -0.2) is 110 Å². The maximum absolute atomic E-state index is 11.9. The fourth-order valence-corrected chi connectivity index (χ4v) is 9.00. The van der Waals surface area contributed by atoms with Crippen molar-refractivity contribution >= 4 is 139 Å². The Hall–Kier alpha value is -10.4. The first-order valence-electron chi connectivity index (χ1n) is 21.1. The van der Waals surface area contributed by atoms with Gasteiger partial charge in [0.25, 0.3) is 53.7 Å². The van der Waals surface area contributed by atoms with Crippen molar-refractivity contribution in [2.75, 3.05) is 0 Å². The van der Waals surface area contributed by atoms with Crippen LogP contribution in [0.1, 0.15) is 22.0 Å². The zero-order chi connectivity index (χ0) is 58.1. The second kappa shape index (κ2) is 24.8. The van der Waals surface area contributed by atoms with Gasteiger partial charge >= 0.3 is 28.2 Å². The number of nitrogens with one attached hydrogen (secondary N) is 1. The average molecular weight is 1260 g/mol. The number of thiol groups is 1. The van der Waals surface area contributed by atoms with E-state index in [1.165, 1.54) is 36.4 Å². The number of hydrogen-bond acceptors (Lipinski definition) is 26. The summed E-state index contributed by atoms with van der Waals surface area (Å²) in [5, 5.41) is 74.3. The number of azo groups is 1. The Morgan fingerprint density at radius 2 is 1.27 bits per heavy atom. The molecule has 34 nitrogen and oxygen atoms in total. The predicted molar refractivity (Wildman–Crippen MR) is 283 cm³/mol. The number of carboxylic acid groups (broad SMARTS) is 1. The van der Waals surface area contributed by atoms with Crippen LogP contribution in [0.25, 0.3) is 75.8 Å². The molecule has 0 bridgehead atoms. The Labute approximate surface area is 483 Å². The maximum Gasteiger partial charge on any atom is 2.00 e. The third-order valence-electron chi connectivity index (χ3n) is 10.8. The number of carbonyl (C=O) groups is 1. The van der Waals surface area contributed by atoms with Gasteiger partial charge in [0, 0.05) is 29.1 Å². The van der Waals surface area contributed by atoms with Gasteiger partial charge in [-0.2, -0.15) is 45.7 Å².